The molecule has 0 bridgehead atoms. The molecular weight excluding hydrogens is 378 g/mol. The summed E-state index contributed by atoms with van der Waals surface area (Å²) in [6, 6.07) is -3.05. The molecule has 158 valence electrons. The van der Waals surface area contributed by atoms with Crippen LogP contribution in [0.4, 0.5) is 0 Å². The summed E-state index contributed by atoms with van der Waals surface area (Å²) >= 11 is 0. The second kappa shape index (κ2) is 13.1. The molecule has 0 aromatic carbocycles. The van der Waals surface area contributed by atoms with E-state index in [1.54, 1.807) is 6.92 Å². The Balaban J connectivity index is 4.65. The molecule has 0 rings (SSSR count). The molecule has 3 unspecified atom stereocenters. The van der Waals surface area contributed by atoms with Crippen LogP contribution < -0.4 is 16.0 Å². The topological polar surface area (TPSA) is 199 Å². The Kier molecular flexibility index (Phi) is 11.6. The second-order valence-electron chi connectivity index (χ2n) is 6.11. The Hall–Kier alpha value is -3.18. The highest BCUT2D eigenvalue weighted by atomic mass is 16.4. The maximum atomic E-state index is 12.2. The second-order valence-corrected chi connectivity index (χ2v) is 6.11. The average Bonchev–Trinajstić information content (AvgIpc) is 2.59. The van der Waals surface area contributed by atoms with Crippen molar-refractivity contribution in [2.75, 3.05) is 0 Å². The normalized spacial score (nSPS) is 13.5. The van der Waals surface area contributed by atoms with Crippen molar-refractivity contribution in [2.45, 2.75) is 63.6 Å². The molecule has 0 aromatic rings. The SMILES string of the molecule is CC(CCC(=O)O)NC(=O)CCC(NC=O)C(=O)NC(CCC(=O)O)C(=O)O. The minimum atomic E-state index is -1.45. The number of carboxylic acids is 3. The molecule has 0 aliphatic heterocycles. The predicted molar refractivity (Wildman–Crippen MR) is 93.1 cm³/mol. The Morgan fingerprint density at radius 3 is 1.86 bits per heavy atom. The number of carboxylic acid groups (broad SMARTS) is 3. The fraction of sp³-hybridized carbons (Fsp3) is 0.625. The summed E-state index contributed by atoms with van der Waals surface area (Å²) in [5.74, 6) is -4.98. The molecule has 12 nitrogen and oxygen atoms in total. The number of amides is 3. The van der Waals surface area contributed by atoms with Crippen molar-refractivity contribution < 1.29 is 44.1 Å². The fourth-order valence-electron chi connectivity index (χ4n) is 2.20. The highest BCUT2D eigenvalue weighted by Crippen LogP contribution is 2.04. The average molecular weight is 403 g/mol. The largest absolute Gasteiger partial charge is 0.481 e. The van der Waals surface area contributed by atoms with Crippen molar-refractivity contribution in [2.24, 2.45) is 0 Å². The Labute approximate surface area is 160 Å². The van der Waals surface area contributed by atoms with Gasteiger partial charge in [0.25, 0.3) is 0 Å². The number of aliphatic carboxylic acids is 3. The van der Waals surface area contributed by atoms with E-state index in [1.165, 1.54) is 0 Å². The molecule has 0 saturated carbocycles. The first kappa shape index (κ1) is 24.8. The van der Waals surface area contributed by atoms with Crippen LogP contribution in [0, 0.1) is 0 Å². The Bertz CT molecular complexity index is 594. The van der Waals surface area contributed by atoms with E-state index in [9.17, 15) is 28.8 Å². The molecule has 0 spiro atoms. The molecule has 0 radical (unpaired) electrons. The molecule has 3 amide bonds. The van der Waals surface area contributed by atoms with Gasteiger partial charge in [-0.3, -0.25) is 24.0 Å². The summed E-state index contributed by atoms with van der Waals surface area (Å²) in [5, 5.41) is 33.1. The number of hydrogen-bond donors (Lipinski definition) is 6. The molecule has 0 saturated heterocycles. The molecule has 12 heteroatoms. The lowest BCUT2D eigenvalue weighted by Crippen LogP contribution is -2.50. The Morgan fingerprint density at radius 2 is 1.36 bits per heavy atom. The third-order valence-electron chi connectivity index (χ3n) is 3.71. The third-order valence-corrected chi connectivity index (χ3v) is 3.71. The van der Waals surface area contributed by atoms with Gasteiger partial charge in [0.2, 0.25) is 18.2 Å². The van der Waals surface area contributed by atoms with E-state index in [2.05, 4.69) is 16.0 Å². The van der Waals surface area contributed by atoms with E-state index >= 15 is 0 Å². The van der Waals surface area contributed by atoms with Gasteiger partial charge in [-0.15, -0.1) is 0 Å². The Morgan fingerprint density at radius 1 is 0.821 bits per heavy atom. The number of carbonyl (C=O) groups is 6. The number of carbonyl (C=O) groups excluding carboxylic acids is 3. The first-order valence-electron chi connectivity index (χ1n) is 8.52. The highest BCUT2D eigenvalue weighted by Gasteiger charge is 2.26. The quantitative estimate of drug-likeness (QED) is 0.179. The molecule has 3 atom stereocenters. The van der Waals surface area contributed by atoms with Crippen molar-refractivity contribution in [3.8, 4) is 0 Å². The van der Waals surface area contributed by atoms with Gasteiger partial charge in [0.1, 0.15) is 12.1 Å². The van der Waals surface area contributed by atoms with Gasteiger partial charge in [0.15, 0.2) is 0 Å². The molecular formula is C16H25N3O9. The highest BCUT2D eigenvalue weighted by molar-refractivity contribution is 5.88. The maximum Gasteiger partial charge on any atom is 0.326 e. The van der Waals surface area contributed by atoms with Crippen LogP contribution in [-0.4, -0.2) is 69.6 Å². The van der Waals surface area contributed by atoms with Crippen molar-refractivity contribution in [3.05, 3.63) is 0 Å². The molecule has 0 fully saturated rings. The van der Waals surface area contributed by atoms with Crippen LogP contribution in [0.3, 0.4) is 0 Å². The van der Waals surface area contributed by atoms with Gasteiger partial charge in [-0.1, -0.05) is 0 Å². The van der Waals surface area contributed by atoms with Gasteiger partial charge in [0.05, 0.1) is 0 Å². The van der Waals surface area contributed by atoms with Gasteiger partial charge >= 0.3 is 17.9 Å². The van der Waals surface area contributed by atoms with Crippen molar-refractivity contribution in [1.82, 2.24) is 16.0 Å². The summed E-state index contributed by atoms with van der Waals surface area (Å²) in [6.07, 6.45) is -0.791. The van der Waals surface area contributed by atoms with E-state index in [0.29, 0.717) is 0 Å². The molecule has 0 aliphatic rings. The van der Waals surface area contributed by atoms with Gasteiger partial charge in [-0.25, -0.2) is 4.79 Å². The summed E-state index contributed by atoms with van der Waals surface area (Å²) in [4.78, 5) is 66.9. The molecule has 28 heavy (non-hydrogen) atoms. The van der Waals surface area contributed by atoms with E-state index in [4.69, 9.17) is 15.3 Å². The summed E-state index contributed by atoms with van der Waals surface area (Å²) in [6.45, 7) is 1.62. The van der Waals surface area contributed by atoms with E-state index in [0.717, 1.165) is 0 Å². The van der Waals surface area contributed by atoms with Crippen LogP contribution in [0.2, 0.25) is 0 Å². The van der Waals surface area contributed by atoms with Gasteiger partial charge in [0, 0.05) is 25.3 Å². The first-order valence-corrected chi connectivity index (χ1v) is 8.52. The number of hydrogen-bond acceptors (Lipinski definition) is 6. The minimum absolute atomic E-state index is 0.119. The van der Waals surface area contributed by atoms with E-state index in [1.807, 2.05) is 0 Å². The zero-order chi connectivity index (χ0) is 21.7. The van der Waals surface area contributed by atoms with Crippen molar-refractivity contribution >= 4 is 36.1 Å². The summed E-state index contributed by atoms with van der Waals surface area (Å²) < 4.78 is 0. The van der Waals surface area contributed by atoms with Crippen LogP contribution in [0.25, 0.3) is 0 Å². The third kappa shape index (κ3) is 11.4. The number of rotatable bonds is 15. The lowest BCUT2D eigenvalue weighted by Gasteiger charge is -2.20. The van der Waals surface area contributed by atoms with Crippen LogP contribution >= 0.6 is 0 Å². The fourth-order valence-corrected chi connectivity index (χ4v) is 2.20. The first-order chi connectivity index (χ1) is 13.1. The van der Waals surface area contributed by atoms with Crippen LogP contribution in [0.1, 0.15) is 45.4 Å². The lowest BCUT2D eigenvalue weighted by atomic mass is 10.1. The van der Waals surface area contributed by atoms with Gasteiger partial charge < -0.3 is 31.3 Å². The van der Waals surface area contributed by atoms with E-state index in [-0.39, 0.29) is 38.5 Å². The lowest BCUT2D eigenvalue weighted by molar-refractivity contribution is -0.143. The van der Waals surface area contributed by atoms with Crippen LogP contribution in [0.15, 0.2) is 0 Å². The van der Waals surface area contributed by atoms with Crippen molar-refractivity contribution in [1.29, 1.82) is 0 Å². The van der Waals surface area contributed by atoms with Crippen LogP contribution in [0.5, 0.6) is 0 Å². The predicted octanol–water partition coefficient (Wildman–Crippen LogP) is -1.32. The molecule has 0 aliphatic carbocycles. The monoisotopic (exact) mass is 403 g/mol. The molecule has 0 aromatic heterocycles. The summed E-state index contributed by atoms with van der Waals surface area (Å²) in [5.41, 5.74) is 0. The van der Waals surface area contributed by atoms with E-state index < -0.39 is 54.3 Å². The van der Waals surface area contributed by atoms with Crippen LogP contribution in [-0.2, 0) is 28.8 Å². The minimum Gasteiger partial charge on any atom is -0.481 e. The molecule has 0 heterocycles. The zero-order valence-electron chi connectivity index (χ0n) is 15.3. The zero-order valence-corrected chi connectivity index (χ0v) is 15.3. The summed E-state index contributed by atoms with van der Waals surface area (Å²) in [7, 11) is 0. The van der Waals surface area contributed by atoms with Crippen molar-refractivity contribution in [3.63, 3.8) is 0 Å². The standard InChI is InChI=1S/C16H25N3O9/c1-9(2-6-13(22)23)18-12(21)5-3-10(17-8-20)15(26)19-11(16(27)28)4-7-14(24)25/h8-11H,2-7H2,1H3,(H,17,20)(H,18,21)(H,19,26)(H,22,23)(H,24,25)(H,27,28). The molecule has 6 N–H and O–H groups in total. The number of nitrogens with one attached hydrogen (secondary N) is 3. The maximum absolute atomic E-state index is 12.2. The van der Waals surface area contributed by atoms with Gasteiger partial charge in [-0.05, 0) is 26.2 Å². The smallest absolute Gasteiger partial charge is 0.326 e. The van der Waals surface area contributed by atoms with Gasteiger partial charge in [-0.2, -0.15) is 0 Å².